The number of unbranched alkanes of at least 4 members (excludes halogenated alkanes) is 45. The van der Waals surface area contributed by atoms with Crippen molar-refractivity contribution in [3.63, 3.8) is 0 Å². The molecule has 0 rings (SSSR count). The summed E-state index contributed by atoms with van der Waals surface area (Å²) >= 11 is 0. The van der Waals surface area contributed by atoms with Gasteiger partial charge in [-0.2, -0.15) is 0 Å². The van der Waals surface area contributed by atoms with Crippen LogP contribution in [0, 0.1) is 11.8 Å². The van der Waals surface area contributed by atoms with E-state index in [1.54, 1.807) is 0 Å². The van der Waals surface area contributed by atoms with Crippen LogP contribution >= 0.6 is 15.6 Å². The third-order valence-electron chi connectivity index (χ3n) is 18.9. The van der Waals surface area contributed by atoms with Gasteiger partial charge < -0.3 is 33.8 Å². The van der Waals surface area contributed by atoms with Crippen molar-refractivity contribution in [2.75, 3.05) is 39.6 Å². The van der Waals surface area contributed by atoms with E-state index in [4.69, 9.17) is 37.0 Å². The van der Waals surface area contributed by atoms with Crippen LogP contribution in [0.5, 0.6) is 0 Å². The van der Waals surface area contributed by atoms with E-state index in [0.717, 1.165) is 102 Å². The van der Waals surface area contributed by atoms with Gasteiger partial charge in [-0.25, -0.2) is 9.13 Å². The van der Waals surface area contributed by atoms with Crippen LogP contribution in [0.1, 0.15) is 408 Å². The normalized spacial score (nSPS) is 14.5. The smallest absolute Gasteiger partial charge is 0.462 e. The molecule has 0 saturated carbocycles. The van der Waals surface area contributed by atoms with E-state index >= 15 is 0 Å². The number of carbonyl (C=O) groups is 4. The molecule has 0 heterocycles. The summed E-state index contributed by atoms with van der Waals surface area (Å²) in [6, 6.07) is 0. The molecule has 0 aromatic carbocycles. The van der Waals surface area contributed by atoms with Crippen molar-refractivity contribution in [1.82, 2.24) is 0 Å². The number of hydrogen-bond acceptors (Lipinski definition) is 15. The lowest BCUT2D eigenvalue weighted by molar-refractivity contribution is -0.161. The number of rotatable bonds is 77. The molecule has 97 heavy (non-hydrogen) atoms. The molecule has 0 radical (unpaired) electrons. The Morgan fingerprint density at radius 2 is 0.495 bits per heavy atom. The molecule has 17 nitrogen and oxygen atoms in total. The highest BCUT2D eigenvalue weighted by Crippen LogP contribution is 2.45. The van der Waals surface area contributed by atoms with Crippen molar-refractivity contribution in [1.29, 1.82) is 0 Å². The number of aliphatic hydroxyl groups is 1. The standard InChI is InChI=1S/C78H152O17P2/c1-7-11-13-15-17-19-21-22-23-24-25-26-27-32-35-39-43-50-56-62-77(82)94-73(66-88-76(81)61-55-49-42-38-34-31-29-28-30-33-36-40-46-52-58-70(5)9-3)68-92-96(84,85)90-64-72(79)65-91-97(86,87)93-69-74(95-78(83)63-57-51-45-44-47-53-59-71(6)10-4)67-89-75(80)60-54-48-41-37-20-18-16-14-12-8-2/h70-74,79H,7-69H2,1-6H3,(H,84,85)(H,86,87)/t70?,71?,72-,73-,74-/m1/s1. The van der Waals surface area contributed by atoms with Crippen molar-refractivity contribution in [3.05, 3.63) is 0 Å². The fourth-order valence-electron chi connectivity index (χ4n) is 11.9. The highest BCUT2D eigenvalue weighted by molar-refractivity contribution is 7.47. The first-order chi connectivity index (χ1) is 46.9. The summed E-state index contributed by atoms with van der Waals surface area (Å²) in [7, 11) is -9.91. The first-order valence-corrected chi connectivity index (χ1v) is 43.6. The molecule has 7 atom stereocenters. The zero-order valence-corrected chi connectivity index (χ0v) is 65.2. The number of esters is 4. The Bertz CT molecular complexity index is 1880. The summed E-state index contributed by atoms with van der Waals surface area (Å²) < 4.78 is 68.5. The lowest BCUT2D eigenvalue weighted by Gasteiger charge is -2.21. The van der Waals surface area contributed by atoms with E-state index in [2.05, 4.69) is 41.5 Å². The predicted octanol–water partition coefficient (Wildman–Crippen LogP) is 23.1. The van der Waals surface area contributed by atoms with Crippen LogP contribution < -0.4 is 0 Å². The van der Waals surface area contributed by atoms with Crippen molar-refractivity contribution in [2.45, 2.75) is 426 Å². The van der Waals surface area contributed by atoms with E-state index in [9.17, 15) is 43.2 Å². The van der Waals surface area contributed by atoms with Crippen LogP contribution in [0.15, 0.2) is 0 Å². The van der Waals surface area contributed by atoms with E-state index in [-0.39, 0.29) is 25.7 Å². The number of hydrogen-bond donors (Lipinski definition) is 3. The summed E-state index contributed by atoms with van der Waals surface area (Å²) in [5.41, 5.74) is 0. The molecule has 0 aliphatic carbocycles. The summed E-state index contributed by atoms with van der Waals surface area (Å²) in [5.74, 6) is -0.546. The zero-order valence-electron chi connectivity index (χ0n) is 63.4. The van der Waals surface area contributed by atoms with Gasteiger partial charge in [0.05, 0.1) is 26.4 Å². The Kier molecular flexibility index (Phi) is 68.4. The molecular formula is C78H152O17P2. The van der Waals surface area contributed by atoms with Crippen LogP contribution in [0.25, 0.3) is 0 Å². The minimum absolute atomic E-state index is 0.103. The van der Waals surface area contributed by atoms with Crippen LogP contribution in [-0.4, -0.2) is 96.7 Å². The monoisotopic (exact) mass is 1420 g/mol. The Morgan fingerprint density at radius 1 is 0.289 bits per heavy atom. The average Bonchev–Trinajstić information content (AvgIpc) is 3.70. The third-order valence-corrected chi connectivity index (χ3v) is 20.8. The van der Waals surface area contributed by atoms with E-state index < -0.39 is 97.5 Å². The maximum Gasteiger partial charge on any atom is 0.472 e. The Labute approximate surface area is 594 Å². The zero-order chi connectivity index (χ0) is 71.4. The van der Waals surface area contributed by atoms with Crippen molar-refractivity contribution in [3.8, 4) is 0 Å². The molecule has 3 N–H and O–H groups in total. The van der Waals surface area contributed by atoms with Crippen LogP contribution in [0.2, 0.25) is 0 Å². The second-order valence-electron chi connectivity index (χ2n) is 28.6. The third kappa shape index (κ3) is 69.5. The maximum absolute atomic E-state index is 13.1. The molecule has 0 aliphatic heterocycles. The second kappa shape index (κ2) is 69.8. The summed E-state index contributed by atoms with van der Waals surface area (Å²) in [4.78, 5) is 72.8. The molecule has 0 saturated heterocycles. The Hall–Kier alpha value is -1.94. The molecule has 576 valence electrons. The fourth-order valence-corrected chi connectivity index (χ4v) is 13.5. The number of ether oxygens (including phenoxy) is 4. The van der Waals surface area contributed by atoms with Gasteiger partial charge in [0, 0.05) is 25.7 Å². The van der Waals surface area contributed by atoms with Gasteiger partial charge in [0.15, 0.2) is 12.2 Å². The van der Waals surface area contributed by atoms with Crippen molar-refractivity contribution in [2.24, 2.45) is 11.8 Å². The molecule has 0 spiro atoms. The Balaban J connectivity index is 5.21. The fraction of sp³-hybridized carbons (Fsp3) is 0.949. The summed E-state index contributed by atoms with van der Waals surface area (Å²) in [6.07, 6.45) is 58.3. The molecular weight excluding hydrogens is 1270 g/mol. The average molecular weight is 1420 g/mol. The van der Waals surface area contributed by atoms with Crippen LogP contribution in [0.4, 0.5) is 0 Å². The molecule has 0 bridgehead atoms. The SMILES string of the molecule is CCCCCCCCCCCCCCCCCCCCCC(=O)O[C@H](COC(=O)CCCCCCCCCCCCCCCCC(C)CC)COP(=O)(O)OC[C@@H](O)COP(=O)(O)OC[C@@H](COC(=O)CCCCCCCCCCCC)OC(=O)CCCCCCCCC(C)CC. The van der Waals surface area contributed by atoms with Gasteiger partial charge in [-0.05, 0) is 37.5 Å². The predicted molar refractivity (Wildman–Crippen MR) is 395 cm³/mol. The highest BCUT2D eigenvalue weighted by atomic mass is 31.2. The van der Waals surface area contributed by atoms with Crippen LogP contribution in [0.3, 0.4) is 0 Å². The number of phosphoric acid groups is 2. The number of phosphoric ester groups is 2. The van der Waals surface area contributed by atoms with Gasteiger partial charge in [-0.3, -0.25) is 37.3 Å². The van der Waals surface area contributed by atoms with Gasteiger partial charge in [-0.15, -0.1) is 0 Å². The van der Waals surface area contributed by atoms with Gasteiger partial charge in [0.1, 0.15) is 19.3 Å². The van der Waals surface area contributed by atoms with Gasteiger partial charge in [-0.1, -0.05) is 356 Å². The molecule has 0 fully saturated rings. The minimum Gasteiger partial charge on any atom is -0.462 e. The second-order valence-corrected chi connectivity index (χ2v) is 31.5. The quantitative estimate of drug-likeness (QED) is 0.0222. The lowest BCUT2D eigenvalue weighted by atomic mass is 9.99. The van der Waals surface area contributed by atoms with Gasteiger partial charge >= 0.3 is 39.5 Å². The Morgan fingerprint density at radius 3 is 0.732 bits per heavy atom. The van der Waals surface area contributed by atoms with Crippen molar-refractivity contribution >= 4 is 39.5 Å². The van der Waals surface area contributed by atoms with Gasteiger partial charge in [0.2, 0.25) is 0 Å². The van der Waals surface area contributed by atoms with Crippen LogP contribution in [-0.2, 0) is 65.4 Å². The largest absolute Gasteiger partial charge is 0.472 e. The molecule has 4 unspecified atom stereocenters. The first-order valence-electron chi connectivity index (χ1n) is 40.6. The molecule has 0 amide bonds. The van der Waals surface area contributed by atoms with E-state index in [0.29, 0.717) is 25.7 Å². The summed E-state index contributed by atoms with van der Waals surface area (Å²) in [6.45, 7) is 9.61. The lowest BCUT2D eigenvalue weighted by Crippen LogP contribution is -2.30. The van der Waals surface area contributed by atoms with E-state index in [1.165, 1.54) is 225 Å². The maximum atomic E-state index is 13.1. The summed E-state index contributed by atoms with van der Waals surface area (Å²) in [5, 5.41) is 10.6. The first kappa shape index (κ1) is 95.1. The van der Waals surface area contributed by atoms with Gasteiger partial charge in [0.25, 0.3) is 0 Å². The van der Waals surface area contributed by atoms with Crippen molar-refractivity contribution < 1.29 is 80.2 Å². The molecule has 0 aromatic rings. The topological polar surface area (TPSA) is 237 Å². The minimum atomic E-state index is -4.96. The van der Waals surface area contributed by atoms with E-state index in [1.807, 2.05) is 0 Å². The molecule has 0 aliphatic rings. The molecule has 19 heteroatoms. The number of carbonyl (C=O) groups excluding carboxylic acids is 4. The highest BCUT2D eigenvalue weighted by Gasteiger charge is 2.30. The number of aliphatic hydroxyl groups excluding tert-OH is 1. The molecule has 0 aromatic heterocycles.